The van der Waals surface area contributed by atoms with Crippen LogP contribution in [0.15, 0.2) is 48.5 Å². The minimum atomic E-state index is 0.0303. The van der Waals surface area contributed by atoms with E-state index in [4.69, 9.17) is 37.4 Å². The summed E-state index contributed by atoms with van der Waals surface area (Å²) in [4.78, 5) is 0. The summed E-state index contributed by atoms with van der Waals surface area (Å²) in [6, 6.07) is 15.8. The van der Waals surface area contributed by atoms with Gasteiger partial charge in [0, 0.05) is 22.9 Å². The summed E-state index contributed by atoms with van der Waals surface area (Å²) in [7, 11) is 0. The van der Waals surface area contributed by atoms with Crippen LogP contribution >= 0.6 is 23.2 Å². The van der Waals surface area contributed by atoms with Gasteiger partial charge >= 0.3 is 0 Å². The predicted molar refractivity (Wildman–Crippen MR) is 98.5 cm³/mol. The molecule has 2 saturated heterocycles. The molecule has 4 rings (SSSR count). The molecule has 5 heteroatoms. The summed E-state index contributed by atoms with van der Waals surface area (Å²) >= 11 is 12.0. The van der Waals surface area contributed by atoms with Gasteiger partial charge in [-0.1, -0.05) is 47.5 Å². The maximum Gasteiger partial charge on any atom is 0.107 e. The number of hydrogen-bond donors (Lipinski definition) is 0. The Bertz CT molecular complexity index is 632. The van der Waals surface area contributed by atoms with Crippen LogP contribution in [0.1, 0.15) is 11.1 Å². The summed E-state index contributed by atoms with van der Waals surface area (Å²) in [6.07, 6.45) is 2.02. The molecular weight excluding hydrogens is 359 g/mol. The molecule has 4 unspecified atom stereocenters. The SMILES string of the molecule is Clc1ccc(CC(OC(Cc2ccc(Cl)cc2)C2CO2)C2CO2)cc1. The fourth-order valence-corrected chi connectivity index (χ4v) is 3.26. The Morgan fingerprint density at radius 1 is 0.760 bits per heavy atom. The second kappa shape index (κ2) is 7.65. The van der Waals surface area contributed by atoms with Gasteiger partial charge in [-0.15, -0.1) is 0 Å². The third kappa shape index (κ3) is 4.96. The highest BCUT2D eigenvalue weighted by atomic mass is 35.5. The first-order valence-electron chi connectivity index (χ1n) is 8.55. The number of hydrogen-bond acceptors (Lipinski definition) is 3. The van der Waals surface area contributed by atoms with Crippen molar-refractivity contribution in [2.75, 3.05) is 13.2 Å². The smallest absolute Gasteiger partial charge is 0.107 e. The highest BCUT2D eigenvalue weighted by Gasteiger charge is 2.40. The van der Waals surface area contributed by atoms with Crippen LogP contribution in [0, 0.1) is 0 Å². The second-order valence-corrected chi connectivity index (χ2v) is 7.49. The van der Waals surface area contributed by atoms with Gasteiger partial charge in [0.05, 0.1) is 25.4 Å². The van der Waals surface area contributed by atoms with Crippen molar-refractivity contribution in [2.24, 2.45) is 0 Å². The molecule has 3 nitrogen and oxygen atoms in total. The standard InChI is InChI=1S/C20H20Cl2O3/c21-15-5-1-13(2-6-15)9-17(19-11-23-19)25-18(20-12-24-20)10-14-3-7-16(22)8-4-14/h1-8,17-20H,9-12H2. The lowest BCUT2D eigenvalue weighted by Crippen LogP contribution is -2.33. The first kappa shape index (κ1) is 17.3. The van der Waals surface area contributed by atoms with Gasteiger partial charge in [-0.2, -0.15) is 0 Å². The van der Waals surface area contributed by atoms with Gasteiger partial charge < -0.3 is 14.2 Å². The fraction of sp³-hybridized carbons (Fsp3) is 0.400. The molecule has 0 radical (unpaired) electrons. The number of epoxide rings is 2. The van der Waals surface area contributed by atoms with Gasteiger partial charge in [0.25, 0.3) is 0 Å². The van der Waals surface area contributed by atoms with Crippen molar-refractivity contribution in [3.05, 3.63) is 69.7 Å². The lowest BCUT2D eigenvalue weighted by Gasteiger charge is -2.23. The first-order valence-corrected chi connectivity index (χ1v) is 9.30. The average Bonchev–Trinajstić information content (AvgIpc) is 3.49. The van der Waals surface area contributed by atoms with Crippen molar-refractivity contribution < 1.29 is 14.2 Å². The number of halogens is 2. The largest absolute Gasteiger partial charge is 0.370 e. The summed E-state index contributed by atoms with van der Waals surface area (Å²) in [5, 5.41) is 1.49. The third-order valence-electron chi connectivity index (χ3n) is 4.60. The normalized spacial score (nSPS) is 23.9. The van der Waals surface area contributed by atoms with Crippen LogP contribution in [-0.2, 0) is 27.1 Å². The van der Waals surface area contributed by atoms with Gasteiger partial charge in [0.15, 0.2) is 0 Å². The molecule has 2 heterocycles. The van der Waals surface area contributed by atoms with E-state index in [0.717, 1.165) is 36.1 Å². The average molecular weight is 379 g/mol. The van der Waals surface area contributed by atoms with Crippen LogP contribution in [0.5, 0.6) is 0 Å². The highest BCUT2D eigenvalue weighted by molar-refractivity contribution is 6.30. The topological polar surface area (TPSA) is 34.3 Å². The molecule has 0 amide bonds. The van der Waals surface area contributed by atoms with E-state index in [9.17, 15) is 0 Å². The van der Waals surface area contributed by atoms with Crippen molar-refractivity contribution in [1.29, 1.82) is 0 Å². The number of ether oxygens (including phenoxy) is 3. The van der Waals surface area contributed by atoms with E-state index in [1.807, 2.05) is 48.5 Å². The molecule has 0 N–H and O–H groups in total. The van der Waals surface area contributed by atoms with E-state index >= 15 is 0 Å². The zero-order valence-corrected chi connectivity index (χ0v) is 15.2. The highest BCUT2D eigenvalue weighted by Crippen LogP contribution is 2.28. The summed E-state index contributed by atoms with van der Waals surface area (Å²) in [5.74, 6) is 0. The zero-order valence-electron chi connectivity index (χ0n) is 13.7. The van der Waals surface area contributed by atoms with Gasteiger partial charge in [-0.25, -0.2) is 0 Å². The van der Waals surface area contributed by atoms with Gasteiger partial charge in [-0.3, -0.25) is 0 Å². The Balaban J connectivity index is 1.43. The maximum atomic E-state index is 6.45. The van der Waals surface area contributed by atoms with Crippen LogP contribution < -0.4 is 0 Å². The molecule has 2 aromatic carbocycles. The van der Waals surface area contributed by atoms with Gasteiger partial charge in [0.2, 0.25) is 0 Å². The molecule has 0 aromatic heterocycles. The van der Waals surface area contributed by atoms with Crippen LogP contribution in [0.25, 0.3) is 0 Å². The first-order chi connectivity index (χ1) is 12.2. The van der Waals surface area contributed by atoms with E-state index in [1.165, 1.54) is 11.1 Å². The lowest BCUT2D eigenvalue weighted by atomic mass is 10.0. The maximum absolute atomic E-state index is 6.45. The lowest BCUT2D eigenvalue weighted by molar-refractivity contribution is -0.0369. The number of rotatable bonds is 8. The van der Waals surface area contributed by atoms with E-state index < -0.39 is 0 Å². The molecule has 0 saturated carbocycles. The Labute approximate surface area is 157 Å². The molecule has 0 aliphatic carbocycles. The second-order valence-electron chi connectivity index (χ2n) is 6.62. The zero-order chi connectivity index (χ0) is 17.2. The minimum Gasteiger partial charge on any atom is -0.370 e. The van der Waals surface area contributed by atoms with Crippen LogP contribution in [-0.4, -0.2) is 37.6 Å². The number of benzene rings is 2. The van der Waals surface area contributed by atoms with Crippen LogP contribution in [0.4, 0.5) is 0 Å². The molecule has 132 valence electrons. The third-order valence-corrected chi connectivity index (χ3v) is 5.10. The molecule has 4 atom stereocenters. The quantitative estimate of drug-likeness (QED) is 0.641. The fourth-order valence-electron chi connectivity index (χ4n) is 3.00. The predicted octanol–water partition coefficient (Wildman–Crippen LogP) is 4.33. The van der Waals surface area contributed by atoms with Crippen molar-refractivity contribution in [3.8, 4) is 0 Å². The van der Waals surface area contributed by atoms with E-state index in [2.05, 4.69) is 0 Å². The Morgan fingerprint density at radius 2 is 1.12 bits per heavy atom. The van der Waals surface area contributed by atoms with Crippen molar-refractivity contribution in [1.82, 2.24) is 0 Å². The van der Waals surface area contributed by atoms with Crippen molar-refractivity contribution >= 4 is 23.2 Å². The Kier molecular flexibility index (Phi) is 5.30. The molecular formula is C20H20Cl2O3. The van der Waals surface area contributed by atoms with E-state index in [0.29, 0.717) is 0 Å². The molecule has 2 aromatic rings. The monoisotopic (exact) mass is 378 g/mol. The van der Waals surface area contributed by atoms with Crippen molar-refractivity contribution in [3.63, 3.8) is 0 Å². The molecule has 25 heavy (non-hydrogen) atoms. The summed E-state index contributed by atoms with van der Waals surface area (Å²) in [5.41, 5.74) is 2.40. The minimum absolute atomic E-state index is 0.0303. The van der Waals surface area contributed by atoms with E-state index in [1.54, 1.807) is 0 Å². The molecule has 2 fully saturated rings. The molecule has 2 aliphatic heterocycles. The van der Waals surface area contributed by atoms with Crippen molar-refractivity contribution in [2.45, 2.75) is 37.3 Å². The summed E-state index contributed by atoms with van der Waals surface area (Å²) in [6.45, 7) is 1.52. The molecule has 2 aliphatic rings. The Hall–Kier alpha value is -1.10. The molecule has 0 spiro atoms. The Morgan fingerprint density at radius 3 is 1.44 bits per heavy atom. The molecule has 0 bridgehead atoms. The van der Waals surface area contributed by atoms with Crippen LogP contribution in [0.3, 0.4) is 0 Å². The summed E-state index contributed by atoms with van der Waals surface area (Å²) < 4.78 is 17.5. The van der Waals surface area contributed by atoms with Gasteiger partial charge in [0.1, 0.15) is 12.2 Å². The van der Waals surface area contributed by atoms with E-state index in [-0.39, 0.29) is 24.4 Å². The van der Waals surface area contributed by atoms with Gasteiger partial charge in [-0.05, 0) is 35.4 Å². The van der Waals surface area contributed by atoms with Crippen LogP contribution in [0.2, 0.25) is 10.0 Å².